The molecular formula is C14H28N2. The van der Waals surface area contributed by atoms with Gasteiger partial charge in [-0.2, -0.15) is 0 Å². The minimum Gasteiger partial charge on any atom is -0.329 e. The molecule has 2 nitrogen and oxygen atoms in total. The van der Waals surface area contributed by atoms with Crippen molar-refractivity contribution in [3.8, 4) is 0 Å². The molecule has 0 saturated heterocycles. The molecule has 2 saturated carbocycles. The molecule has 2 atom stereocenters. The number of hydrogen-bond donors (Lipinski definition) is 1. The fraction of sp³-hybridized carbons (Fsp3) is 1.00. The maximum atomic E-state index is 5.94. The summed E-state index contributed by atoms with van der Waals surface area (Å²) in [6.45, 7) is 3.26. The highest BCUT2D eigenvalue weighted by atomic mass is 15.2. The van der Waals surface area contributed by atoms with Crippen LogP contribution in [0.5, 0.6) is 0 Å². The summed E-state index contributed by atoms with van der Waals surface area (Å²) in [4.78, 5) is 2.59. The van der Waals surface area contributed by atoms with Crippen molar-refractivity contribution in [1.29, 1.82) is 0 Å². The lowest BCUT2D eigenvalue weighted by Crippen LogP contribution is -2.47. The summed E-state index contributed by atoms with van der Waals surface area (Å²) in [6.07, 6.45) is 10.0. The van der Waals surface area contributed by atoms with Gasteiger partial charge in [-0.1, -0.05) is 19.3 Å². The van der Waals surface area contributed by atoms with Gasteiger partial charge >= 0.3 is 0 Å². The normalized spacial score (nSPS) is 27.0. The predicted octanol–water partition coefficient (Wildman–Crippen LogP) is 2.62. The standard InChI is InChI=1S/C14H28N2/c1-11(12-6-4-3-5-7-12)16(2)14(10-15)13-8-9-13/h11-14H,3-10,15H2,1-2H3. The summed E-state index contributed by atoms with van der Waals surface area (Å²) in [6, 6.07) is 1.38. The molecule has 0 bridgehead atoms. The third kappa shape index (κ3) is 2.78. The molecule has 2 unspecified atom stereocenters. The van der Waals surface area contributed by atoms with Crippen LogP contribution in [0.25, 0.3) is 0 Å². The van der Waals surface area contributed by atoms with Crippen molar-refractivity contribution < 1.29 is 0 Å². The van der Waals surface area contributed by atoms with E-state index in [9.17, 15) is 0 Å². The average molecular weight is 224 g/mol. The largest absolute Gasteiger partial charge is 0.329 e. The van der Waals surface area contributed by atoms with E-state index in [-0.39, 0.29) is 0 Å². The minimum absolute atomic E-state index is 0.650. The Morgan fingerprint density at radius 3 is 2.19 bits per heavy atom. The quantitative estimate of drug-likeness (QED) is 0.778. The summed E-state index contributed by atoms with van der Waals surface area (Å²) in [5.41, 5.74) is 5.94. The van der Waals surface area contributed by atoms with Gasteiger partial charge in [-0.3, -0.25) is 4.90 Å². The summed E-state index contributed by atoms with van der Waals surface area (Å²) in [7, 11) is 2.30. The number of rotatable bonds is 5. The molecule has 2 fully saturated rings. The zero-order valence-corrected chi connectivity index (χ0v) is 11.0. The molecule has 2 aliphatic carbocycles. The van der Waals surface area contributed by atoms with Gasteiger partial charge in [0.1, 0.15) is 0 Å². The first-order valence-corrected chi connectivity index (χ1v) is 7.16. The lowest BCUT2D eigenvalue weighted by atomic mass is 9.83. The molecule has 0 spiro atoms. The molecule has 0 aromatic rings. The second-order valence-electron chi connectivity index (χ2n) is 5.94. The summed E-state index contributed by atoms with van der Waals surface area (Å²) >= 11 is 0. The van der Waals surface area contributed by atoms with Crippen LogP contribution < -0.4 is 5.73 Å². The number of nitrogens with two attached hydrogens (primary N) is 1. The predicted molar refractivity (Wildman–Crippen MR) is 69.4 cm³/mol. The molecule has 2 aliphatic rings. The van der Waals surface area contributed by atoms with Crippen molar-refractivity contribution in [3.05, 3.63) is 0 Å². The Bertz CT molecular complexity index is 207. The third-order valence-electron chi connectivity index (χ3n) is 4.91. The molecule has 0 aromatic heterocycles. The Labute approximate surface area is 101 Å². The maximum absolute atomic E-state index is 5.94. The van der Waals surface area contributed by atoms with Crippen LogP contribution in [0.4, 0.5) is 0 Å². The first-order chi connectivity index (χ1) is 7.74. The molecule has 16 heavy (non-hydrogen) atoms. The molecule has 2 N–H and O–H groups in total. The first kappa shape index (κ1) is 12.4. The van der Waals surface area contributed by atoms with E-state index in [2.05, 4.69) is 18.9 Å². The second kappa shape index (κ2) is 5.50. The zero-order valence-electron chi connectivity index (χ0n) is 11.0. The van der Waals surface area contributed by atoms with Crippen LogP contribution in [0, 0.1) is 11.8 Å². The molecule has 2 heteroatoms. The van der Waals surface area contributed by atoms with Crippen molar-refractivity contribution in [3.63, 3.8) is 0 Å². The van der Waals surface area contributed by atoms with E-state index in [0.717, 1.165) is 24.4 Å². The lowest BCUT2D eigenvalue weighted by molar-refractivity contribution is 0.106. The van der Waals surface area contributed by atoms with Crippen LogP contribution in [-0.2, 0) is 0 Å². The molecule has 0 heterocycles. The third-order valence-corrected chi connectivity index (χ3v) is 4.91. The molecule has 94 valence electrons. The van der Waals surface area contributed by atoms with E-state index in [4.69, 9.17) is 5.73 Å². The Hall–Kier alpha value is -0.0800. The molecule has 0 amide bonds. The number of hydrogen-bond acceptors (Lipinski definition) is 2. The van der Waals surface area contributed by atoms with Crippen LogP contribution in [0.1, 0.15) is 51.9 Å². The topological polar surface area (TPSA) is 29.3 Å². The van der Waals surface area contributed by atoms with Gasteiger partial charge in [0.15, 0.2) is 0 Å². The van der Waals surface area contributed by atoms with Gasteiger partial charge in [0, 0.05) is 18.6 Å². The molecule has 2 rings (SSSR count). The van der Waals surface area contributed by atoms with Gasteiger partial charge in [0.2, 0.25) is 0 Å². The Morgan fingerprint density at radius 2 is 1.69 bits per heavy atom. The lowest BCUT2D eigenvalue weighted by Gasteiger charge is -2.38. The Morgan fingerprint density at radius 1 is 1.06 bits per heavy atom. The molecular weight excluding hydrogens is 196 g/mol. The van der Waals surface area contributed by atoms with Gasteiger partial charge in [0.05, 0.1) is 0 Å². The summed E-state index contributed by atoms with van der Waals surface area (Å²) < 4.78 is 0. The fourth-order valence-electron chi connectivity index (χ4n) is 3.42. The van der Waals surface area contributed by atoms with Crippen molar-refractivity contribution in [2.75, 3.05) is 13.6 Å². The maximum Gasteiger partial charge on any atom is 0.0246 e. The van der Waals surface area contributed by atoms with Crippen LogP contribution in [0.15, 0.2) is 0 Å². The van der Waals surface area contributed by atoms with Crippen LogP contribution >= 0.6 is 0 Å². The van der Waals surface area contributed by atoms with Gasteiger partial charge in [-0.05, 0) is 51.5 Å². The number of likely N-dealkylation sites (N-methyl/N-ethyl adjacent to an activating group) is 1. The van der Waals surface area contributed by atoms with Gasteiger partial charge < -0.3 is 5.73 Å². The average Bonchev–Trinajstić information content (AvgIpc) is 3.14. The molecule has 0 radical (unpaired) electrons. The minimum atomic E-state index is 0.650. The first-order valence-electron chi connectivity index (χ1n) is 7.16. The van der Waals surface area contributed by atoms with Gasteiger partial charge in [-0.25, -0.2) is 0 Å². The molecule has 0 aliphatic heterocycles. The fourth-order valence-corrected chi connectivity index (χ4v) is 3.42. The van der Waals surface area contributed by atoms with Crippen molar-refractivity contribution in [2.24, 2.45) is 17.6 Å². The monoisotopic (exact) mass is 224 g/mol. The van der Waals surface area contributed by atoms with E-state index >= 15 is 0 Å². The smallest absolute Gasteiger partial charge is 0.0246 e. The summed E-state index contributed by atoms with van der Waals surface area (Å²) in [5, 5.41) is 0. The second-order valence-corrected chi connectivity index (χ2v) is 5.94. The highest BCUT2D eigenvalue weighted by Gasteiger charge is 2.36. The van der Waals surface area contributed by atoms with Crippen molar-refractivity contribution in [1.82, 2.24) is 4.90 Å². The van der Waals surface area contributed by atoms with E-state index < -0.39 is 0 Å². The van der Waals surface area contributed by atoms with Crippen LogP contribution in [0.3, 0.4) is 0 Å². The van der Waals surface area contributed by atoms with E-state index in [1.54, 1.807) is 0 Å². The SMILES string of the molecule is CC(C1CCCCC1)N(C)C(CN)C1CC1. The zero-order chi connectivity index (χ0) is 11.5. The molecule has 0 aromatic carbocycles. The highest BCUT2D eigenvalue weighted by molar-refractivity contribution is 4.91. The van der Waals surface area contributed by atoms with Crippen molar-refractivity contribution in [2.45, 2.75) is 64.0 Å². The van der Waals surface area contributed by atoms with Crippen molar-refractivity contribution >= 4 is 0 Å². The summed E-state index contributed by atoms with van der Waals surface area (Å²) in [5.74, 6) is 1.83. The van der Waals surface area contributed by atoms with Gasteiger partial charge in [-0.15, -0.1) is 0 Å². The number of nitrogens with zero attached hydrogens (tertiary/aromatic N) is 1. The van der Waals surface area contributed by atoms with Crippen LogP contribution in [0.2, 0.25) is 0 Å². The Balaban J connectivity index is 1.88. The van der Waals surface area contributed by atoms with E-state index in [0.29, 0.717) is 6.04 Å². The van der Waals surface area contributed by atoms with E-state index in [1.807, 2.05) is 0 Å². The van der Waals surface area contributed by atoms with E-state index in [1.165, 1.54) is 44.9 Å². The highest BCUT2D eigenvalue weighted by Crippen LogP contribution is 2.37. The Kier molecular flexibility index (Phi) is 4.26. The van der Waals surface area contributed by atoms with Gasteiger partial charge in [0.25, 0.3) is 0 Å². The van der Waals surface area contributed by atoms with Crippen LogP contribution in [-0.4, -0.2) is 30.6 Å².